The third kappa shape index (κ3) is 2.64. The molecule has 1 aromatic carbocycles. The number of alkyl halides is 3. The number of rotatable bonds is 0. The van der Waals surface area contributed by atoms with Gasteiger partial charge in [0.05, 0.1) is 0 Å². The van der Waals surface area contributed by atoms with Crippen LogP contribution in [0.3, 0.4) is 0 Å². The van der Waals surface area contributed by atoms with Crippen LogP contribution in [0.5, 0.6) is 0 Å². The van der Waals surface area contributed by atoms with E-state index in [0.29, 0.717) is 5.56 Å². The molecule has 0 spiro atoms. The van der Waals surface area contributed by atoms with E-state index in [2.05, 4.69) is 22.0 Å². The molecule has 17 heavy (non-hydrogen) atoms. The summed E-state index contributed by atoms with van der Waals surface area (Å²) in [7, 11) is 0. The SMILES string of the molecule is FC(F)(F)c1n[nH]nc1C#Cc1ccccc1. The largest absolute Gasteiger partial charge is 0.438 e. The number of benzene rings is 1. The number of aromatic amines is 1. The molecule has 0 atom stereocenters. The van der Waals surface area contributed by atoms with Crippen molar-refractivity contribution in [3.05, 3.63) is 47.3 Å². The molecule has 2 aromatic rings. The molecule has 0 saturated carbocycles. The van der Waals surface area contributed by atoms with Crippen LogP contribution >= 0.6 is 0 Å². The van der Waals surface area contributed by atoms with Crippen LogP contribution < -0.4 is 0 Å². The number of aromatic nitrogens is 3. The quantitative estimate of drug-likeness (QED) is 0.714. The molecule has 0 amide bonds. The highest BCUT2D eigenvalue weighted by Crippen LogP contribution is 2.28. The Labute approximate surface area is 94.7 Å². The van der Waals surface area contributed by atoms with Gasteiger partial charge in [-0.15, -0.1) is 5.10 Å². The number of hydrogen-bond acceptors (Lipinski definition) is 2. The van der Waals surface area contributed by atoms with E-state index < -0.39 is 17.6 Å². The fourth-order valence-electron chi connectivity index (χ4n) is 1.17. The van der Waals surface area contributed by atoms with E-state index >= 15 is 0 Å². The van der Waals surface area contributed by atoms with Crippen LogP contribution in [0.15, 0.2) is 30.3 Å². The fourth-order valence-corrected chi connectivity index (χ4v) is 1.17. The lowest BCUT2D eigenvalue weighted by molar-refractivity contribution is -0.141. The van der Waals surface area contributed by atoms with Crippen LogP contribution in [0.4, 0.5) is 13.2 Å². The van der Waals surface area contributed by atoms with Crippen LogP contribution in [0.1, 0.15) is 17.0 Å². The Morgan fingerprint density at radius 3 is 2.35 bits per heavy atom. The number of hydrogen-bond donors (Lipinski definition) is 1. The van der Waals surface area contributed by atoms with Gasteiger partial charge in [-0.2, -0.15) is 23.5 Å². The molecule has 1 heterocycles. The van der Waals surface area contributed by atoms with Gasteiger partial charge in [0.25, 0.3) is 0 Å². The number of halogens is 3. The molecule has 1 N–H and O–H groups in total. The third-order valence-electron chi connectivity index (χ3n) is 1.92. The average molecular weight is 237 g/mol. The molecule has 86 valence electrons. The van der Waals surface area contributed by atoms with Crippen molar-refractivity contribution in [2.75, 3.05) is 0 Å². The predicted molar refractivity (Wildman–Crippen MR) is 53.8 cm³/mol. The lowest BCUT2D eigenvalue weighted by Gasteiger charge is -1.99. The lowest BCUT2D eigenvalue weighted by Crippen LogP contribution is -2.07. The smallest absolute Gasteiger partial charge is 0.196 e. The van der Waals surface area contributed by atoms with Crippen molar-refractivity contribution in [1.82, 2.24) is 15.4 Å². The number of nitrogens with one attached hydrogen (secondary N) is 1. The van der Waals surface area contributed by atoms with Crippen molar-refractivity contribution in [2.24, 2.45) is 0 Å². The maximum Gasteiger partial charge on any atom is 0.438 e. The normalized spacial score (nSPS) is 10.8. The monoisotopic (exact) mass is 237 g/mol. The maximum atomic E-state index is 12.4. The molecule has 2 rings (SSSR count). The molecule has 0 radical (unpaired) electrons. The van der Waals surface area contributed by atoms with E-state index in [4.69, 9.17) is 0 Å². The highest BCUT2D eigenvalue weighted by Gasteiger charge is 2.37. The van der Waals surface area contributed by atoms with E-state index in [1.54, 1.807) is 30.3 Å². The molecule has 0 aliphatic carbocycles. The molecule has 0 aliphatic heterocycles. The van der Waals surface area contributed by atoms with Crippen LogP contribution in [-0.4, -0.2) is 15.4 Å². The Kier molecular flexibility index (Phi) is 2.83. The molecular formula is C11H6F3N3. The second-order valence-corrected chi connectivity index (χ2v) is 3.13. The van der Waals surface area contributed by atoms with E-state index in [1.165, 1.54) is 0 Å². The summed E-state index contributed by atoms with van der Waals surface area (Å²) >= 11 is 0. The van der Waals surface area contributed by atoms with Gasteiger partial charge in [0.15, 0.2) is 5.69 Å². The minimum atomic E-state index is -4.55. The first-order valence-electron chi connectivity index (χ1n) is 4.62. The zero-order valence-electron chi connectivity index (χ0n) is 8.42. The van der Waals surface area contributed by atoms with Crippen molar-refractivity contribution in [3.8, 4) is 11.8 Å². The van der Waals surface area contributed by atoms with Gasteiger partial charge in [0.2, 0.25) is 5.69 Å². The van der Waals surface area contributed by atoms with Crippen LogP contribution in [0.25, 0.3) is 0 Å². The average Bonchev–Trinajstić information content (AvgIpc) is 2.75. The Morgan fingerprint density at radius 1 is 1.00 bits per heavy atom. The number of nitrogens with zero attached hydrogens (tertiary/aromatic N) is 2. The fraction of sp³-hybridized carbons (Fsp3) is 0.0909. The molecule has 0 unspecified atom stereocenters. The molecule has 3 nitrogen and oxygen atoms in total. The summed E-state index contributed by atoms with van der Waals surface area (Å²) in [6.45, 7) is 0. The maximum absolute atomic E-state index is 12.4. The molecule has 1 aromatic heterocycles. The summed E-state index contributed by atoms with van der Waals surface area (Å²) in [6.07, 6.45) is -4.55. The Morgan fingerprint density at radius 2 is 1.71 bits per heavy atom. The van der Waals surface area contributed by atoms with Crippen LogP contribution in [0, 0.1) is 11.8 Å². The molecule has 0 aliphatic rings. The predicted octanol–water partition coefficient (Wildman–Crippen LogP) is 2.22. The molecular weight excluding hydrogens is 231 g/mol. The summed E-state index contributed by atoms with van der Waals surface area (Å²) in [5, 5.41) is 8.32. The van der Waals surface area contributed by atoms with Gasteiger partial charge in [0, 0.05) is 5.56 Å². The van der Waals surface area contributed by atoms with E-state index in [1.807, 2.05) is 5.21 Å². The molecule has 0 bridgehead atoms. The molecule has 0 fully saturated rings. The highest BCUT2D eigenvalue weighted by atomic mass is 19.4. The summed E-state index contributed by atoms with van der Waals surface area (Å²) in [5.41, 5.74) is -0.883. The Balaban J connectivity index is 2.33. The van der Waals surface area contributed by atoms with Gasteiger partial charge in [-0.1, -0.05) is 24.1 Å². The Hall–Kier alpha value is -2.29. The third-order valence-corrected chi connectivity index (χ3v) is 1.92. The van der Waals surface area contributed by atoms with Gasteiger partial charge in [-0.25, -0.2) is 0 Å². The topological polar surface area (TPSA) is 41.6 Å². The first kappa shape index (κ1) is 11.2. The van der Waals surface area contributed by atoms with Crippen LogP contribution in [0.2, 0.25) is 0 Å². The van der Waals surface area contributed by atoms with Gasteiger partial charge < -0.3 is 0 Å². The van der Waals surface area contributed by atoms with Crippen molar-refractivity contribution in [2.45, 2.75) is 6.18 Å². The van der Waals surface area contributed by atoms with E-state index in [0.717, 1.165) is 0 Å². The zero-order chi connectivity index (χ0) is 12.3. The lowest BCUT2D eigenvalue weighted by atomic mass is 10.2. The van der Waals surface area contributed by atoms with Gasteiger partial charge in [-0.3, -0.25) is 0 Å². The van der Waals surface area contributed by atoms with E-state index in [9.17, 15) is 13.2 Å². The van der Waals surface area contributed by atoms with Crippen molar-refractivity contribution in [1.29, 1.82) is 0 Å². The van der Waals surface area contributed by atoms with Crippen molar-refractivity contribution < 1.29 is 13.2 Å². The Bertz CT molecular complexity index is 561. The molecule has 0 saturated heterocycles. The standard InChI is InChI=1S/C11H6F3N3/c12-11(13,14)10-9(15-17-16-10)7-6-8-4-2-1-3-5-8/h1-5H,(H,15,16,17). The zero-order valence-corrected chi connectivity index (χ0v) is 8.42. The second kappa shape index (κ2) is 4.29. The summed E-state index contributed by atoms with van der Waals surface area (Å²) in [6, 6.07) is 8.68. The summed E-state index contributed by atoms with van der Waals surface area (Å²) in [5.74, 6) is 4.93. The van der Waals surface area contributed by atoms with E-state index in [-0.39, 0.29) is 0 Å². The molecule has 6 heteroatoms. The first-order valence-corrected chi connectivity index (χ1v) is 4.62. The minimum Gasteiger partial charge on any atom is -0.196 e. The van der Waals surface area contributed by atoms with Gasteiger partial charge in [0.1, 0.15) is 0 Å². The van der Waals surface area contributed by atoms with Gasteiger partial charge in [-0.05, 0) is 18.1 Å². The highest BCUT2D eigenvalue weighted by molar-refractivity contribution is 5.41. The van der Waals surface area contributed by atoms with Crippen molar-refractivity contribution >= 4 is 0 Å². The van der Waals surface area contributed by atoms with Crippen molar-refractivity contribution in [3.63, 3.8) is 0 Å². The first-order chi connectivity index (χ1) is 8.07. The number of H-pyrrole nitrogens is 1. The minimum absolute atomic E-state index is 0.402. The summed E-state index contributed by atoms with van der Waals surface area (Å²) < 4.78 is 37.3. The van der Waals surface area contributed by atoms with Gasteiger partial charge >= 0.3 is 6.18 Å². The second-order valence-electron chi connectivity index (χ2n) is 3.13. The summed E-state index contributed by atoms with van der Waals surface area (Å²) in [4.78, 5) is 0. The van der Waals surface area contributed by atoms with Crippen LogP contribution in [-0.2, 0) is 6.18 Å².